The molecule has 0 fully saturated rings. The van der Waals surface area contributed by atoms with Crippen molar-refractivity contribution in [1.82, 2.24) is 5.16 Å². The van der Waals surface area contributed by atoms with E-state index < -0.39 is 11.8 Å². The van der Waals surface area contributed by atoms with Gasteiger partial charge in [-0.15, -0.1) is 0 Å². The van der Waals surface area contributed by atoms with Crippen LogP contribution in [0, 0.1) is 5.82 Å². The lowest BCUT2D eigenvalue weighted by molar-refractivity contribution is 0.0464. The third-order valence-electron chi connectivity index (χ3n) is 3.89. The van der Waals surface area contributed by atoms with Crippen molar-refractivity contribution in [3.8, 4) is 22.8 Å². The van der Waals surface area contributed by atoms with E-state index in [0.29, 0.717) is 36.2 Å². The van der Waals surface area contributed by atoms with E-state index >= 15 is 0 Å². The van der Waals surface area contributed by atoms with Gasteiger partial charge in [0.1, 0.15) is 31.3 Å². The van der Waals surface area contributed by atoms with E-state index in [1.54, 1.807) is 18.2 Å². The highest BCUT2D eigenvalue weighted by molar-refractivity contribution is 6.33. The number of halogens is 2. The molecule has 0 amide bonds. The second-order valence-corrected chi connectivity index (χ2v) is 6.15. The molecule has 0 saturated heterocycles. The van der Waals surface area contributed by atoms with Crippen LogP contribution in [0.5, 0.6) is 11.5 Å². The van der Waals surface area contributed by atoms with Crippen LogP contribution >= 0.6 is 11.6 Å². The molecule has 8 heteroatoms. The Morgan fingerprint density at radius 2 is 1.93 bits per heavy atom. The van der Waals surface area contributed by atoms with Crippen LogP contribution in [0.25, 0.3) is 11.3 Å². The van der Waals surface area contributed by atoms with Crippen molar-refractivity contribution < 1.29 is 27.9 Å². The molecule has 4 rings (SSSR count). The van der Waals surface area contributed by atoms with Crippen LogP contribution in [-0.4, -0.2) is 24.3 Å². The summed E-state index contributed by atoms with van der Waals surface area (Å²) in [6.45, 7) is 0.892. The van der Waals surface area contributed by atoms with Crippen molar-refractivity contribution in [3.05, 3.63) is 64.6 Å². The van der Waals surface area contributed by atoms with Crippen LogP contribution in [0.15, 0.2) is 47.0 Å². The minimum absolute atomic E-state index is 0.0166. The molecule has 0 N–H and O–H groups in total. The van der Waals surface area contributed by atoms with E-state index in [9.17, 15) is 9.18 Å². The van der Waals surface area contributed by atoms with Crippen LogP contribution < -0.4 is 9.47 Å². The zero-order chi connectivity index (χ0) is 18.8. The summed E-state index contributed by atoms with van der Waals surface area (Å²) in [5.41, 5.74) is 1.26. The maximum atomic E-state index is 13.1. The summed E-state index contributed by atoms with van der Waals surface area (Å²) < 4.78 is 34.5. The fraction of sp³-hybridized carbons (Fsp3) is 0.158. The molecule has 2 aromatic carbocycles. The topological polar surface area (TPSA) is 70.8 Å². The minimum atomic E-state index is -0.677. The molecule has 0 unspecified atom stereocenters. The highest BCUT2D eigenvalue weighted by Gasteiger charge is 2.16. The SMILES string of the molecule is O=C(OCc1cc(-c2ccc3c(c2)OCCO3)on1)c1ccc(F)cc1Cl. The monoisotopic (exact) mass is 389 g/mol. The number of benzene rings is 2. The first-order valence-electron chi connectivity index (χ1n) is 8.08. The van der Waals surface area contributed by atoms with Gasteiger partial charge in [-0.3, -0.25) is 0 Å². The predicted octanol–water partition coefficient (Wildman–Crippen LogP) is 4.26. The third-order valence-corrected chi connectivity index (χ3v) is 4.20. The number of hydrogen-bond acceptors (Lipinski definition) is 6. The highest BCUT2D eigenvalue weighted by atomic mass is 35.5. The van der Waals surface area contributed by atoms with E-state index in [4.69, 9.17) is 30.3 Å². The molecule has 1 aliphatic heterocycles. The Morgan fingerprint density at radius 1 is 1.11 bits per heavy atom. The van der Waals surface area contributed by atoms with E-state index in [1.165, 1.54) is 6.07 Å². The van der Waals surface area contributed by atoms with Gasteiger partial charge in [-0.2, -0.15) is 0 Å². The lowest BCUT2D eigenvalue weighted by atomic mass is 10.1. The van der Waals surface area contributed by atoms with E-state index in [0.717, 1.165) is 17.7 Å². The first-order chi connectivity index (χ1) is 13.1. The molecular formula is C19H13ClFNO5. The van der Waals surface area contributed by atoms with Gasteiger partial charge in [0.15, 0.2) is 17.3 Å². The summed E-state index contributed by atoms with van der Waals surface area (Å²) in [5.74, 6) is 0.600. The third kappa shape index (κ3) is 3.73. The highest BCUT2D eigenvalue weighted by Crippen LogP contribution is 2.34. The van der Waals surface area contributed by atoms with Crippen LogP contribution in [0.4, 0.5) is 4.39 Å². The van der Waals surface area contributed by atoms with Crippen molar-refractivity contribution in [3.63, 3.8) is 0 Å². The summed E-state index contributed by atoms with van der Waals surface area (Å²) in [7, 11) is 0. The van der Waals surface area contributed by atoms with E-state index in [2.05, 4.69) is 5.16 Å². The molecule has 1 aliphatic rings. The Kier molecular flexibility index (Phi) is 4.68. The van der Waals surface area contributed by atoms with Crippen molar-refractivity contribution in [2.24, 2.45) is 0 Å². The summed E-state index contributed by atoms with van der Waals surface area (Å²) in [6.07, 6.45) is 0. The predicted molar refractivity (Wildman–Crippen MR) is 93.5 cm³/mol. The molecule has 0 radical (unpaired) electrons. The molecule has 2 heterocycles. The molecule has 6 nitrogen and oxygen atoms in total. The smallest absolute Gasteiger partial charge is 0.340 e. The lowest BCUT2D eigenvalue weighted by Crippen LogP contribution is -2.15. The number of rotatable bonds is 4. The standard InChI is InChI=1S/C19H13ClFNO5/c20-15-8-12(21)2-3-14(15)19(23)26-10-13-9-17(27-22-13)11-1-4-16-18(7-11)25-6-5-24-16/h1-4,7-9H,5-6,10H2. The fourth-order valence-electron chi connectivity index (χ4n) is 2.58. The van der Waals surface area contributed by atoms with Crippen LogP contribution in [0.3, 0.4) is 0 Å². The van der Waals surface area contributed by atoms with E-state index in [1.807, 2.05) is 6.07 Å². The van der Waals surface area contributed by atoms with Gasteiger partial charge in [0.25, 0.3) is 0 Å². The Labute approximate surface area is 158 Å². The molecule has 0 spiro atoms. The molecule has 1 aromatic heterocycles. The largest absolute Gasteiger partial charge is 0.486 e. The number of aromatic nitrogens is 1. The van der Waals surface area contributed by atoms with Crippen molar-refractivity contribution in [1.29, 1.82) is 0 Å². The van der Waals surface area contributed by atoms with Crippen molar-refractivity contribution in [2.45, 2.75) is 6.61 Å². The summed E-state index contributed by atoms with van der Waals surface area (Å²) >= 11 is 5.85. The van der Waals surface area contributed by atoms with Crippen molar-refractivity contribution in [2.75, 3.05) is 13.2 Å². The van der Waals surface area contributed by atoms with Gasteiger partial charge in [0.2, 0.25) is 0 Å². The zero-order valence-corrected chi connectivity index (χ0v) is 14.7. The lowest BCUT2D eigenvalue weighted by Gasteiger charge is -2.18. The molecule has 0 aliphatic carbocycles. The van der Waals surface area contributed by atoms with Crippen LogP contribution in [0.2, 0.25) is 5.02 Å². The molecule has 3 aromatic rings. The Hall–Kier alpha value is -3.06. The maximum absolute atomic E-state index is 13.1. The molecule has 0 atom stereocenters. The summed E-state index contributed by atoms with van der Waals surface area (Å²) in [6, 6.07) is 10.5. The second-order valence-electron chi connectivity index (χ2n) is 5.74. The Bertz CT molecular complexity index is 1000. The molecule has 0 bridgehead atoms. The molecule has 138 valence electrons. The van der Waals surface area contributed by atoms with Crippen LogP contribution in [0.1, 0.15) is 16.1 Å². The van der Waals surface area contributed by atoms with Gasteiger partial charge in [-0.25, -0.2) is 9.18 Å². The number of esters is 1. The van der Waals surface area contributed by atoms with Gasteiger partial charge < -0.3 is 18.7 Å². The molecule has 27 heavy (non-hydrogen) atoms. The first-order valence-corrected chi connectivity index (χ1v) is 8.46. The molecular weight excluding hydrogens is 377 g/mol. The number of carbonyl (C=O) groups excluding carboxylic acids is 1. The number of hydrogen-bond donors (Lipinski definition) is 0. The average Bonchev–Trinajstić information content (AvgIpc) is 3.15. The van der Waals surface area contributed by atoms with Crippen molar-refractivity contribution >= 4 is 17.6 Å². The minimum Gasteiger partial charge on any atom is -0.486 e. The number of carbonyl (C=O) groups is 1. The number of fused-ring (bicyclic) bond motifs is 1. The van der Waals surface area contributed by atoms with Gasteiger partial charge in [0, 0.05) is 11.6 Å². The molecule has 0 saturated carbocycles. The fourth-order valence-corrected chi connectivity index (χ4v) is 2.83. The number of ether oxygens (including phenoxy) is 3. The maximum Gasteiger partial charge on any atom is 0.340 e. The van der Waals surface area contributed by atoms with Crippen LogP contribution in [-0.2, 0) is 11.3 Å². The van der Waals surface area contributed by atoms with Gasteiger partial charge in [-0.1, -0.05) is 16.8 Å². The quantitative estimate of drug-likeness (QED) is 0.621. The average molecular weight is 390 g/mol. The van der Waals surface area contributed by atoms with Gasteiger partial charge >= 0.3 is 5.97 Å². The second kappa shape index (κ2) is 7.28. The summed E-state index contributed by atoms with van der Waals surface area (Å²) in [5, 5.41) is 3.87. The normalized spacial score (nSPS) is 12.7. The Morgan fingerprint density at radius 3 is 2.74 bits per heavy atom. The first kappa shape index (κ1) is 17.4. The van der Waals surface area contributed by atoms with Gasteiger partial charge in [0.05, 0.1) is 10.6 Å². The zero-order valence-electron chi connectivity index (χ0n) is 13.9. The Balaban J connectivity index is 1.44. The summed E-state index contributed by atoms with van der Waals surface area (Å²) in [4.78, 5) is 12.1. The van der Waals surface area contributed by atoms with E-state index in [-0.39, 0.29) is 17.2 Å². The van der Waals surface area contributed by atoms with Gasteiger partial charge in [-0.05, 0) is 36.4 Å². The number of nitrogens with zero attached hydrogens (tertiary/aromatic N) is 1.